The highest BCUT2D eigenvalue weighted by molar-refractivity contribution is 6.34. The van der Waals surface area contributed by atoms with E-state index in [0.29, 0.717) is 28.4 Å². The molecule has 0 saturated heterocycles. The van der Waals surface area contributed by atoms with E-state index in [0.717, 1.165) is 16.5 Å². The lowest BCUT2D eigenvalue weighted by molar-refractivity contribution is 0.0992. The van der Waals surface area contributed by atoms with Gasteiger partial charge in [0.1, 0.15) is 0 Å². The van der Waals surface area contributed by atoms with Crippen molar-refractivity contribution in [2.75, 3.05) is 16.8 Å². The molecule has 1 aliphatic rings. The van der Waals surface area contributed by atoms with Gasteiger partial charge in [-0.1, -0.05) is 35.9 Å². The number of halogens is 1. The van der Waals surface area contributed by atoms with E-state index in [1.807, 2.05) is 37.3 Å². The van der Waals surface area contributed by atoms with Gasteiger partial charge in [-0.25, -0.2) is 0 Å². The molecule has 1 N–H and O–H groups in total. The number of rotatable bonds is 3. The van der Waals surface area contributed by atoms with Crippen LogP contribution in [0.5, 0.6) is 0 Å². The monoisotopic (exact) mass is 350 g/mol. The lowest BCUT2D eigenvalue weighted by atomic mass is 10.0. The molecule has 1 heterocycles. The Balaban J connectivity index is 1.81. The molecule has 124 valence electrons. The molecular weight excluding hydrogens is 336 g/mol. The second-order valence-electron chi connectivity index (χ2n) is 5.84. The van der Waals surface area contributed by atoms with Gasteiger partial charge in [0.25, 0.3) is 11.8 Å². The Kier molecular flexibility index (Phi) is 3.70. The van der Waals surface area contributed by atoms with Crippen LogP contribution in [0.15, 0.2) is 54.6 Å². The molecule has 0 aromatic heterocycles. The third-order valence-corrected chi connectivity index (χ3v) is 4.80. The average Bonchev–Trinajstić information content (AvgIpc) is 2.90. The first-order valence-electron chi connectivity index (χ1n) is 8.05. The summed E-state index contributed by atoms with van der Waals surface area (Å²) in [5.74, 6) is -0.277. The fraction of sp³-hybridized carbons (Fsp3) is 0.100. The molecule has 0 radical (unpaired) electrons. The first-order chi connectivity index (χ1) is 12.1. The Morgan fingerprint density at radius 2 is 1.88 bits per heavy atom. The van der Waals surface area contributed by atoms with Crippen molar-refractivity contribution in [1.82, 2.24) is 0 Å². The van der Waals surface area contributed by atoms with Crippen LogP contribution in [0.3, 0.4) is 0 Å². The van der Waals surface area contributed by atoms with Crippen LogP contribution in [-0.2, 0) is 0 Å². The molecule has 0 spiro atoms. The molecule has 3 aromatic rings. The fourth-order valence-electron chi connectivity index (χ4n) is 3.30. The van der Waals surface area contributed by atoms with Gasteiger partial charge in [0.2, 0.25) is 0 Å². The Bertz CT molecular complexity index is 1030. The predicted molar refractivity (Wildman–Crippen MR) is 101 cm³/mol. The van der Waals surface area contributed by atoms with Crippen molar-refractivity contribution in [3.8, 4) is 0 Å². The molecule has 2 amide bonds. The van der Waals surface area contributed by atoms with Crippen molar-refractivity contribution in [3.63, 3.8) is 0 Å². The van der Waals surface area contributed by atoms with Crippen LogP contribution in [0.2, 0.25) is 5.02 Å². The van der Waals surface area contributed by atoms with Crippen LogP contribution in [0.25, 0.3) is 10.8 Å². The standard InChI is InChI=1S/C20H15ClN2O2/c1-2-23-17-11-10-16(13-7-5-8-14(18(13)17)20(23)25)22-19(24)12-6-3-4-9-15(12)21/h3-11H,2H2,1H3,(H,22,24). The van der Waals surface area contributed by atoms with Gasteiger partial charge in [0.05, 0.1) is 16.3 Å². The average molecular weight is 351 g/mol. The summed E-state index contributed by atoms with van der Waals surface area (Å²) >= 11 is 6.11. The number of carbonyl (C=O) groups excluding carboxylic acids is 2. The van der Waals surface area contributed by atoms with Crippen molar-refractivity contribution in [3.05, 3.63) is 70.7 Å². The van der Waals surface area contributed by atoms with E-state index in [1.165, 1.54) is 0 Å². The third-order valence-electron chi connectivity index (χ3n) is 4.47. The summed E-state index contributed by atoms with van der Waals surface area (Å²) in [4.78, 5) is 26.9. The second-order valence-corrected chi connectivity index (χ2v) is 6.25. The molecule has 0 bridgehead atoms. The van der Waals surface area contributed by atoms with Crippen molar-refractivity contribution in [2.24, 2.45) is 0 Å². The molecule has 25 heavy (non-hydrogen) atoms. The summed E-state index contributed by atoms with van der Waals surface area (Å²) in [6.45, 7) is 2.55. The largest absolute Gasteiger partial charge is 0.321 e. The minimum absolute atomic E-state index is 0.00215. The zero-order chi connectivity index (χ0) is 17.6. The maximum Gasteiger partial charge on any atom is 0.258 e. The van der Waals surface area contributed by atoms with E-state index in [-0.39, 0.29) is 11.8 Å². The summed E-state index contributed by atoms with van der Waals surface area (Å²) in [7, 11) is 0. The lowest BCUT2D eigenvalue weighted by Crippen LogP contribution is -2.25. The normalized spacial score (nSPS) is 12.7. The smallest absolute Gasteiger partial charge is 0.258 e. The van der Waals surface area contributed by atoms with Gasteiger partial charge in [-0.05, 0) is 37.3 Å². The summed E-state index contributed by atoms with van der Waals surface area (Å²) in [6.07, 6.45) is 0. The minimum atomic E-state index is -0.275. The van der Waals surface area contributed by atoms with Gasteiger partial charge >= 0.3 is 0 Å². The number of amides is 2. The molecular formula is C20H15ClN2O2. The van der Waals surface area contributed by atoms with Crippen LogP contribution >= 0.6 is 11.6 Å². The molecule has 1 aliphatic heterocycles. The van der Waals surface area contributed by atoms with E-state index in [2.05, 4.69) is 5.32 Å². The van der Waals surface area contributed by atoms with Crippen LogP contribution in [-0.4, -0.2) is 18.4 Å². The molecule has 5 heteroatoms. The Morgan fingerprint density at radius 1 is 1.08 bits per heavy atom. The Morgan fingerprint density at radius 3 is 2.64 bits per heavy atom. The number of anilines is 2. The number of nitrogens with zero attached hydrogens (tertiary/aromatic N) is 1. The highest BCUT2D eigenvalue weighted by Gasteiger charge is 2.29. The summed E-state index contributed by atoms with van der Waals surface area (Å²) in [6, 6.07) is 16.2. The quantitative estimate of drug-likeness (QED) is 0.742. The topological polar surface area (TPSA) is 49.4 Å². The fourth-order valence-corrected chi connectivity index (χ4v) is 3.53. The van der Waals surface area contributed by atoms with Crippen molar-refractivity contribution in [2.45, 2.75) is 6.92 Å². The lowest BCUT2D eigenvalue weighted by Gasteiger charge is -2.15. The summed E-state index contributed by atoms with van der Waals surface area (Å²) in [5.41, 5.74) is 2.63. The first kappa shape index (κ1) is 15.7. The number of carbonyl (C=O) groups is 2. The van der Waals surface area contributed by atoms with Gasteiger partial charge in [0, 0.05) is 28.6 Å². The van der Waals surface area contributed by atoms with Gasteiger partial charge in [-0.15, -0.1) is 0 Å². The molecule has 4 rings (SSSR count). The molecule has 0 aliphatic carbocycles. The maximum absolute atomic E-state index is 12.6. The molecule has 0 unspecified atom stereocenters. The first-order valence-corrected chi connectivity index (χ1v) is 8.43. The predicted octanol–water partition coefficient (Wildman–Crippen LogP) is 4.73. The van der Waals surface area contributed by atoms with Gasteiger partial charge in [0.15, 0.2) is 0 Å². The molecule has 0 saturated carbocycles. The molecule has 0 atom stereocenters. The zero-order valence-electron chi connectivity index (χ0n) is 13.5. The van der Waals surface area contributed by atoms with E-state index < -0.39 is 0 Å². The van der Waals surface area contributed by atoms with E-state index in [1.54, 1.807) is 29.2 Å². The van der Waals surface area contributed by atoms with Gasteiger partial charge in [-0.2, -0.15) is 0 Å². The van der Waals surface area contributed by atoms with Crippen LogP contribution < -0.4 is 10.2 Å². The number of nitrogens with one attached hydrogen (secondary N) is 1. The maximum atomic E-state index is 12.6. The Labute approximate surface area is 150 Å². The van der Waals surface area contributed by atoms with E-state index in [4.69, 9.17) is 11.6 Å². The number of hydrogen-bond donors (Lipinski definition) is 1. The highest BCUT2D eigenvalue weighted by Crippen LogP contribution is 2.40. The number of benzene rings is 3. The van der Waals surface area contributed by atoms with Crippen molar-refractivity contribution >= 4 is 45.6 Å². The van der Waals surface area contributed by atoms with Crippen molar-refractivity contribution in [1.29, 1.82) is 0 Å². The van der Waals surface area contributed by atoms with Crippen LogP contribution in [0, 0.1) is 0 Å². The highest BCUT2D eigenvalue weighted by atomic mass is 35.5. The molecule has 3 aromatic carbocycles. The zero-order valence-corrected chi connectivity index (χ0v) is 14.3. The van der Waals surface area contributed by atoms with Crippen LogP contribution in [0.4, 0.5) is 11.4 Å². The molecule has 0 fully saturated rings. The minimum Gasteiger partial charge on any atom is -0.321 e. The van der Waals surface area contributed by atoms with Crippen LogP contribution in [0.1, 0.15) is 27.6 Å². The third kappa shape index (κ3) is 2.37. The Hall–Kier alpha value is -2.85. The SMILES string of the molecule is CCN1C(=O)c2cccc3c(NC(=O)c4ccccc4Cl)ccc1c23. The van der Waals surface area contributed by atoms with E-state index in [9.17, 15) is 9.59 Å². The van der Waals surface area contributed by atoms with Crippen molar-refractivity contribution < 1.29 is 9.59 Å². The van der Waals surface area contributed by atoms with Gasteiger partial charge in [-0.3, -0.25) is 9.59 Å². The van der Waals surface area contributed by atoms with Gasteiger partial charge < -0.3 is 10.2 Å². The summed E-state index contributed by atoms with van der Waals surface area (Å²) < 4.78 is 0. The second kappa shape index (κ2) is 5.90. The number of hydrogen-bond acceptors (Lipinski definition) is 2. The van der Waals surface area contributed by atoms with E-state index >= 15 is 0 Å². The molecule has 4 nitrogen and oxygen atoms in total. The summed E-state index contributed by atoms with van der Waals surface area (Å²) in [5, 5.41) is 5.05.